The van der Waals surface area contributed by atoms with Gasteiger partial charge in [-0.05, 0) is 86.3 Å². The van der Waals surface area contributed by atoms with Gasteiger partial charge >= 0.3 is 0 Å². The Kier molecular flexibility index (Phi) is 7.58. The van der Waals surface area contributed by atoms with Crippen molar-refractivity contribution in [2.45, 2.75) is 13.5 Å². The van der Waals surface area contributed by atoms with E-state index in [4.69, 9.17) is 16.3 Å². The molecule has 0 radical (unpaired) electrons. The minimum absolute atomic E-state index is 0.121. The van der Waals surface area contributed by atoms with E-state index < -0.39 is 0 Å². The van der Waals surface area contributed by atoms with E-state index in [1.165, 1.54) is 0 Å². The lowest BCUT2D eigenvalue weighted by atomic mass is 10.2. The number of hydrogen-bond donors (Lipinski definition) is 2. The van der Waals surface area contributed by atoms with Crippen molar-refractivity contribution < 1.29 is 9.53 Å². The Bertz CT molecular complexity index is 990. The number of para-hydroxylation sites is 1. The molecule has 3 rings (SSSR count). The predicted molar refractivity (Wildman–Crippen MR) is 126 cm³/mol. The van der Waals surface area contributed by atoms with Crippen LogP contribution in [0.2, 0.25) is 5.02 Å². The Labute approximate surface area is 191 Å². The van der Waals surface area contributed by atoms with Gasteiger partial charge < -0.3 is 15.4 Å². The average Bonchev–Trinajstić information content (AvgIpc) is 2.69. The fourth-order valence-corrected chi connectivity index (χ4v) is 4.31. The molecule has 0 heterocycles. The van der Waals surface area contributed by atoms with Gasteiger partial charge in [-0.1, -0.05) is 35.9 Å². The summed E-state index contributed by atoms with van der Waals surface area (Å²) >= 11 is 13.1. The number of aryl methyl sites for hydroxylation is 1. The van der Waals surface area contributed by atoms with E-state index in [-0.39, 0.29) is 12.5 Å². The van der Waals surface area contributed by atoms with Crippen LogP contribution in [0.5, 0.6) is 5.75 Å². The molecule has 0 saturated heterocycles. The second kappa shape index (κ2) is 10.1. The number of anilines is 2. The van der Waals surface area contributed by atoms with E-state index >= 15 is 0 Å². The molecule has 0 saturated carbocycles. The van der Waals surface area contributed by atoms with Crippen LogP contribution in [-0.4, -0.2) is 12.5 Å². The summed E-state index contributed by atoms with van der Waals surface area (Å²) in [6.45, 7) is 2.45. The molecule has 0 bridgehead atoms. The van der Waals surface area contributed by atoms with Crippen molar-refractivity contribution in [1.29, 1.82) is 0 Å². The van der Waals surface area contributed by atoms with Crippen LogP contribution in [0, 0.1) is 6.92 Å². The van der Waals surface area contributed by atoms with Crippen molar-refractivity contribution in [3.8, 4) is 5.75 Å². The maximum Gasteiger partial charge on any atom is 0.262 e. The summed E-state index contributed by atoms with van der Waals surface area (Å²) in [6.07, 6.45) is 0. The Balaban J connectivity index is 1.58. The van der Waals surface area contributed by atoms with Gasteiger partial charge in [0.25, 0.3) is 5.91 Å². The minimum atomic E-state index is -0.265. The zero-order valence-corrected chi connectivity index (χ0v) is 19.6. The summed E-state index contributed by atoms with van der Waals surface area (Å²) in [5.41, 5.74) is 3.71. The number of halogens is 3. The van der Waals surface area contributed by atoms with Crippen LogP contribution >= 0.6 is 43.5 Å². The lowest BCUT2D eigenvalue weighted by Gasteiger charge is -2.13. The van der Waals surface area contributed by atoms with Crippen LogP contribution in [0.4, 0.5) is 11.4 Å². The average molecular weight is 539 g/mol. The molecule has 0 spiro atoms. The first kappa shape index (κ1) is 21.7. The fourth-order valence-electron chi connectivity index (χ4n) is 2.62. The molecule has 0 unspecified atom stereocenters. The van der Waals surface area contributed by atoms with Crippen molar-refractivity contribution in [2.24, 2.45) is 0 Å². The molecule has 0 aromatic heterocycles. The molecule has 1 amide bonds. The standard InChI is InChI=1S/C22H19Br2ClN2O2/c1-14-7-8-17(11-20(14)25)27-21(28)13-29-22-18(23)9-15(10-19(22)24)12-26-16-5-3-2-4-6-16/h2-11,26H,12-13H2,1H3,(H,27,28). The van der Waals surface area contributed by atoms with Gasteiger partial charge in [0.05, 0.1) is 8.95 Å². The van der Waals surface area contributed by atoms with Crippen molar-refractivity contribution in [3.05, 3.63) is 85.8 Å². The first-order valence-corrected chi connectivity index (χ1v) is 10.8. The molecule has 3 aromatic rings. The summed E-state index contributed by atoms with van der Waals surface area (Å²) in [7, 11) is 0. The van der Waals surface area contributed by atoms with Gasteiger partial charge in [0.15, 0.2) is 6.61 Å². The van der Waals surface area contributed by atoms with Crippen molar-refractivity contribution >= 4 is 60.7 Å². The number of ether oxygens (including phenoxy) is 1. The summed E-state index contributed by atoms with van der Waals surface area (Å²) < 4.78 is 7.25. The zero-order chi connectivity index (χ0) is 20.8. The summed E-state index contributed by atoms with van der Waals surface area (Å²) in [6, 6.07) is 19.3. The number of carbonyl (C=O) groups is 1. The lowest BCUT2D eigenvalue weighted by molar-refractivity contribution is -0.118. The maximum atomic E-state index is 12.2. The molecule has 0 atom stereocenters. The first-order chi connectivity index (χ1) is 13.9. The molecule has 3 aromatic carbocycles. The van der Waals surface area contributed by atoms with Crippen molar-refractivity contribution in [3.63, 3.8) is 0 Å². The van der Waals surface area contributed by atoms with Crippen LogP contribution < -0.4 is 15.4 Å². The number of nitrogens with one attached hydrogen (secondary N) is 2. The van der Waals surface area contributed by atoms with Gasteiger partial charge in [-0.2, -0.15) is 0 Å². The monoisotopic (exact) mass is 536 g/mol. The number of amides is 1. The van der Waals surface area contributed by atoms with E-state index in [1.807, 2.05) is 55.5 Å². The number of benzene rings is 3. The van der Waals surface area contributed by atoms with Gasteiger partial charge in [-0.15, -0.1) is 0 Å². The quantitative estimate of drug-likeness (QED) is 0.348. The number of rotatable bonds is 7. The zero-order valence-electron chi connectivity index (χ0n) is 15.6. The van der Waals surface area contributed by atoms with E-state index in [1.54, 1.807) is 12.1 Å². The number of hydrogen-bond acceptors (Lipinski definition) is 3. The van der Waals surface area contributed by atoms with E-state index in [0.717, 1.165) is 25.8 Å². The molecule has 0 aliphatic rings. The molecule has 7 heteroatoms. The van der Waals surface area contributed by atoms with Crippen LogP contribution in [0.3, 0.4) is 0 Å². The topological polar surface area (TPSA) is 50.4 Å². The molecular formula is C22H19Br2ClN2O2. The molecule has 0 aliphatic heterocycles. The van der Waals surface area contributed by atoms with Gasteiger partial charge in [0.2, 0.25) is 0 Å². The molecule has 29 heavy (non-hydrogen) atoms. The third-order valence-electron chi connectivity index (χ3n) is 4.13. The summed E-state index contributed by atoms with van der Waals surface area (Å²) in [4.78, 5) is 12.2. The predicted octanol–water partition coefficient (Wildman–Crippen LogP) is 6.80. The van der Waals surface area contributed by atoms with Crippen molar-refractivity contribution in [2.75, 3.05) is 17.2 Å². The Morgan fingerprint density at radius 3 is 2.34 bits per heavy atom. The fraction of sp³-hybridized carbons (Fsp3) is 0.136. The largest absolute Gasteiger partial charge is 0.481 e. The highest BCUT2D eigenvalue weighted by atomic mass is 79.9. The normalized spacial score (nSPS) is 10.5. The summed E-state index contributed by atoms with van der Waals surface area (Å²) in [5, 5.41) is 6.75. The van der Waals surface area contributed by atoms with Crippen LogP contribution in [0.15, 0.2) is 69.6 Å². The minimum Gasteiger partial charge on any atom is -0.481 e. The van der Waals surface area contributed by atoms with E-state index in [0.29, 0.717) is 23.0 Å². The molecule has 4 nitrogen and oxygen atoms in total. The lowest BCUT2D eigenvalue weighted by Crippen LogP contribution is -2.20. The van der Waals surface area contributed by atoms with Crippen LogP contribution in [0.25, 0.3) is 0 Å². The summed E-state index contributed by atoms with van der Waals surface area (Å²) in [5.74, 6) is 0.309. The van der Waals surface area contributed by atoms with Gasteiger partial charge in [0.1, 0.15) is 5.75 Å². The second-order valence-corrected chi connectivity index (χ2v) is 8.52. The second-order valence-electron chi connectivity index (χ2n) is 6.41. The molecule has 2 N–H and O–H groups in total. The third kappa shape index (κ3) is 6.23. The van der Waals surface area contributed by atoms with Gasteiger partial charge in [0, 0.05) is 22.9 Å². The highest BCUT2D eigenvalue weighted by Crippen LogP contribution is 2.35. The molecule has 0 fully saturated rings. The molecule has 0 aliphatic carbocycles. The van der Waals surface area contributed by atoms with Gasteiger partial charge in [-0.3, -0.25) is 4.79 Å². The third-order valence-corrected chi connectivity index (χ3v) is 5.72. The van der Waals surface area contributed by atoms with Gasteiger partial charge in [-0.25, -0.2) is 0 Å². The Morgan fingerprint density at radius 2 is 1.69 bits per heavy atom. The van der Waals surface area contributed by atoms with Crippen molar-refractivity contribution in [1.82, 2.24) is 0 Å². The first-order valence-electron chi connectivity index (χ1n) is 8.88. The smallest absolute Gasteiger partial charge is 0.262 e. The van der Waals surface area contributed by atoms with E-state index in [2.05, 4.69) is 42.5 Å². The highest BCUT2D eigenvalue weighted by molar-refractivity contribution is 9.11. The molecular weight excluding hydrogens is 520 g/mol. The maximum absolute atomic E-state index is 12.2. The van der Waals surface area contributed by atoms with Crippen LogP contribution in [0.1, 0.15) is 11.1 Å². The SMILES string of the molecule is Cc1ccc(NC(=O)COc2c(Br)cc(CNc3ccccc3)cc2Br)cc1Cl. The number of carbonyl (C=O) groups excluding carboxylic acids is 1. The Morgan fingerprint density at radius 1 is 1.00 bits per heavy atom. The highest BCUT2D eigenvalue weighted by Gasteiger charge is 2.12. The molecule has 150 valence electrons. The Hall–Kier alpha value is -2.02. The van der Waals surface area contributed by atoms with Crippen LogP contribution in [-0.2, 0) is 11.3 Å². The van der Waals surface area contributed by atoms with E-state index in [9.17, 15) is 4.79 Å².